The lowest BCUT2D eigenvalue weighted by molar-refractivity contribution is 0.00578. The first kappa shape index (κ1) is 20.0. The van der Waals surface area contributed by atoms with E-state index >= 15 is 0 Å². The summed E-state index contributed by atoms with van der Waals surface area (Å²) in [7, 11) is 5.53. The molecule has 5 nitrogen and oxygen atoms in total. The van der Waals surface area contributed by atoms with Crippen molar-refractivity contribution < 1.29 is 14.1 Å². The number of amides is 1. The highest BCUT2D eigenvalue weighted by Gasteiger charge is 2.51. The summed E-state index contributed by atoms with van der Waals surface area (Å²) in [4.78, 5) is 16.4. The van der Waals surface area contributed by atoms with E-state index < -0.39 is 7.12 Å². The maximum absolute atomic E-state index is 12.5. The summed E-state index contributed by atoms with van der Waals surface area (Å²) in [5, 5.41) is 0. The quantitative estimate of drug-likeness (QED) is 0.739. The van der Waals surface area contributed by atoms with E-state index in [2.05, 4.69) is 4.90 Å². The van der Waals surface area contributed by atoms with Crippen LogP contribution < -0.4 is 5.46 Å². The predicted octanol–water partition coefficient (Wildman–Crippen LogP) is 2.01. The Morgan fingerprint density at radius 2 is 1.48 bits per heavy atom. The molecule has 0 atom stereocenters. The van der Waals surface area contributed by atoms with Crippen molar-refractivity contribution in [2.75, 3.05) is 34.2 Å². The fourth-order valence-corrected chi connectivity index (χ4v) is 2.71. The van der Waals surface area contributed by atoms with Crippen molar-refractivity contribution in [3.63, 3.8) is 0 Å². The van der Waals surface area contributed by atoms with Gasteiger partial charge in [-0.3, -0.25) is 4.79 Å². The number of nitrogens with zero attached hydrogens (tertiary/aromatic N) is 2. The van der Waals surface area contributed by atoms with Crippen LogP contribution in [0, 0.1) is 0 Å². The van der Waals surface area contributed by atoms with Crippen LogP contribution in [0.3, 0.4) is 0 Å². The molecule has 0 spiro atoms. The van der Waals surface area contributed by atoms with E-state index in [4.69, 9.17) is 9.31 Å². The number of carbonyl (C=O) groups is 1. The monoisotopic (exact) mass is 346 g/mol. The van der Waals surface area contributed by atoms with Crippen LogP contribution in [0.5, 0.6) is 0 Å². The van der Waals surface area contributed by atoms with Crippen molar-refractivity contribution in [2.24, 2.45) is 0 Å². The molecular formula is C19H31BN2O3. The molecule has 6 heteroatoms. The Labute approximate surface area is 152 Å². The van der Waals surface area contributed by atoms with E-state index in [1.807, 2.05) is 73.1 Å². The Bertz CT molecular complexity index is 583. The van der Waals surface area contributed by atoms with Crippen LogP contribution in [-0.4, -0.2) is 68.3 Å². The molecule has 1 fully saturated rings. The average Bonchev–Trinajstić information content (AvgIpc) is 2.74. The molecule has 0 saturated carbocycles. The normalized spacial score (nSPS) is 18.6. The van der Waals surface area contributed by atoms with Gasteiger partial charge in [0.05, 0.1) is 11.2 Å². The van der Waals surface area contributed by atoms with Crippen molar-refractivity contribution in [3.8, 4) is 0 Å². The summed E-state index contributed by atoms with van der Waals surface area (Å²) in [5.74, 6) is 0.0409. The van der Waals surface area contributed by atoms with Crippen LogP contribution >= 0.6 is 0 Å². The highest BCUT2D eigenvalue weighted by Crippen LogP contribution is 2.36. The summed E-state index contributed by atoms with van der Waals surface area (Å²) >= 11 is 0. The van der Waals surface area contributed by atoms with Gasteiger partial charge in [-0.2, -0.15) is 0 Å². The molecular weight excluding hydrogens is 315 g/mol. The molecule has 0 bridgehead atoms. The summed E-state index contributed by atoms with van der Waals surface area (Å²) in [5.41, 5.74) is 0.899. The third-order valence-corrected chi connectivity index (χ3v) is 5.13. The highest BCUT2D eigenvalue weighted by molar-refractivity contribution is 6.62. The highest BCUT2D eigenvalue weighted by atomic mass is 16.7. The van der Waals surface area contributed by atoms with Gasteiger partial charge in [0.15, 0.2) is 0 Å². The smallest absolute Gasteiger partial charge is 0.399 e. The van der Waals surface area contributed by atoms with Crippen LogP contribution in [-0.2, 0) is 9.31 Å². The summed E-state index contributed by atoms with van der Waals surface area (Å²) in [6.45, 7) is 9.86. The molecule has 0 unspecified atom stereocenters. The molecule has 0 aromatic heterocycles. The van der Waals surface area contributed by atoms with Gasteiger partial charge in [-0.25, -0.2) is 0 Å². The third kappa shape index (κ3) is 4.63. The van der Waals surface area contributed by atoms with Crippen LogP contribution in [0.2, 0.25) is 0 Å². The molecule has 1 aromatic rings. The van der Waals surface area contributed by atoms with Gasteiger partial charge >= 0.3 is 7.12 Å². The standard InChI is InChI=1S/C19H31BN2O3/c1-18(2)19(3,4)25-20(24-18)16-11-9-15(10-12-16)17(23)22(7)14-8-13-21(5)6/h9-12H,8,13-14H2,1-7H3. The van der Waals surface area contributed by atoms with Crippen LogP contribution in [0.25, 0.3) is 0 Å². The van der Waals surface area contributed by atoms with Gasteiger partial charge in [0.25, 0.3) is 5.91 Å². The molecule has 0 radical (unpaired) electrons. The molecule has 1 amide bonds. The zero-order valence-corrected chi connectivity index (χ0v) is 16.6. The van der Waals surface area contributed by atoms with Gasteiger partial charge < -0.3 is 19.1 Å². The first-order valence-electron chi connectivity index (χ1n) is 8.89. The Morgan fingerprint density at radius 1 is 0.960 bits per heavy atom. The van der Waals surface area contributed by atoms with Crippen molar-refractivity contribution in [3.05, 3.63) is 29.8 Å². The lowest BCUT2D eigenvalue weighted by Crippen LogP contribution is -2.41. The first-order chi connectivity index (χ1) is 11.5. The lowest BCUT2D eigenvalue weighted by atomic mass is 9.79. The Balaban J connectivity index is 1.99. The first-order valence-corrected chi connectivity index (χ1v) is 8.89. The third-order valence-electron chi connectivity index (χ3n) is 5.13. The number of hydrogen-bond donors (Lipinski definition) is 0. The number of carbonyl (C=O) groups excluding carboxylic acids is 1. The van der Waals surface area contributed by atoms with E-state index in [0.29, 0.717) is 5.56 Å². The van der Waals surface area contributed by atoms with Crippen LogP contribution in [0.1, 0.15) is 44.5 Å². The molecule has 1 heterocycles. The molecule has 1 aliphatic heterocycles. The number of rotatable bonds is 6. The van der Waals surface area contributed by atoms with E-state index in [9.17, 15) is 4.79 Å². The lowest BCUT2D eigenvalue weighted by Gasteiger charge is -2.32. The zero-order valence-electron chi connectivity index (χ0n) is 16.6. The SMILES string of the molecule is CN(C)CCCN(C)C(=O)c1ccc(B2OC(C)(C)C(C)(C)O2)cc1. The van der Waals surface area contributed by atoms with Gasteiger partial charge in [0.2, 0.25) is 0 Å². The van der Waals surface area contributed by atoms with E-state index in [1.54, 1.807) is 4.90 Å². The maximum Gasteiger partial charge on any atom is 0.494 e. The second-order valence-corrected chi connectivity index (χ2v) is 8.09. The molecule has 1 aliphatic rings. The van der Waals surface area contributed by atoms with Crippen LogP contribution in [0.4, 0.5) is 0 Å². The van der Waals surface area contributed by atoms with Gasteiger partial charge in [0, 0.05) is 19.2 Å². The minimum Gasteiger partial charge on any atom is -0.399 e. The number of hydrogen-bond acceptors (Lipinski definition) is 4. The second kappa shape index (κ2) is 7.48. The molecule has 25 heavy (non-hydrogen) atoms. The Morgan fingerprint density at radius 3 is 1.96 bits per heavy atom. The Kier molecular flexibility index (Phi) is 5.97. The van der Waals surface area contributed by atoms with Crippen LogP contribution in [0.15, 0.2) is 24.3 Å². The van der Waals surface area contributed by atoms with Gasteiger partial charge in [-0.05, 0) is 72.4 Å². The van der Waals surface area contributed by atoms with E-state index in [-0.39, 0.29) is 17.1 Å². The largest absolute Gasteiger partial charge is 0.494 e. The predicted molar refractivity (Wildman–Crippen MR) is 102 cm³/mol. The summed E-state index contributed by atoms with van der Waals surface area (Å²) < 4.78 is 12.1. The van der Waals surface area contributed by atoms with Crippen molar-refractivity contribution in [2.45, 2.75) is 45.3 Å². The van der Waals surface area contributed by atoms with Gasteiger partial charge in [0.1, 0.15) is 0 Å². The van der Waals surface area contributed by atoms with Crippen molar-refractivity contribution in [1.82, 2.24) is 9.80 Å². The molecule has 1 saturated heterocycles. The maximum atomic E-state index is 12.5. The zero-order chi connectivity index (χ0) is 18.8. The minimum absolute atomic E-state index is 0.0409. The summed E-state index contributed by atoms with van der Waals surface area (Å²) in [6.07, 6.45) is 0.960. The molecule has 0 aliphatic carbocycles. The van der Waals surface area contributed by atoms with E-state index in [1.165, 1.54) is 0 Å². The van der Waals surface area contributed by atoms with E-state index in [0.717, 1.165) is 25.0 Å². The topological polar surface area (TPSA) is 42.0 Å². The van der Waals surface area contributed by atoms with Crippen molar-refractivity contribution >= 4 is 18.5 Å². The summed E-state index contributed by atoms with van der Waals surface area (Å²) in [6, 6.07) is 7.54. The molecule has 138 valence electrons. The molecule has 2 rings (SSSR count). The van der Waals surface area contributed by atoms with Gasteiger partial charge in [-0.15, -0.1) is 0 Å². The second-order valence-electron chi connectivity index (χ2n) is 8.09. The fourth-order valence-electron chi connectivity index (χ4n) is 2.71. The Hall–Kier alpha value is -1.37. The molecule has 1 aromatic carbocycles. The van der Waals surface area contributed by atoms with Crippen molar-refractivity contribution in [1.29, 1.82) is 0 Å². The molecule has 0 N–H and O–H groups in total. The number of benzene rings is 1. The van der Waals surface area contributed by atoms with Gasteiger partial charge in [-0.1, -0.05) is 12.1 Å². The fraction of sp³-hybridized carbons (Fsp3) is 0.632. The minimum atomic E-state index is -0.396. The average molecular weight is 346 g/mol.